The van der Waals surface area contributed by atoms with Crippen LogP contribution in [0.3, 0.4) is 0 Å². The smallest absolute Gasteiger partial charge is 0.265 e. The molecule has 0 fully saturated rings. The molecule has 0 atom stereocenters. The van der Waals surface area contributed by atoms with Crippen LogP contribution in [-0.2, 0) is 17.1 Å². The summed E-state index contributed by atoms with van der Waals surface area (Å²) in [6.07, 6.45) is 1.46. The maximum Gasteiger partial charge on any atom is 0.265 e. The summed E-state index contributed by atoms with van der Waals surface area (Å²) in [5, 5.41) is 4.00. The fraction of sp³-hybridized carbons (Fsp3) is 0.308. The molecule has 2 rings (SSSR count). The van der Waals surface area contributed by atoms with Crippen LogP contribution in [-0.4, -0.2) is 32.4 Å². The molecule has 8 heteroatoms. The number of sulfonamides is 1. The molecule has 1 N–H and O–H groups in total. The highest BCUT2D eigenvalue weighted by atomic mass is 32.2. The van der Waals surface area contributed by atoms with Crippen LogP contribution in [0.2, 0.25) is 0 Å². The van der Waals surface area contributed by atoms with Crippen LogP contribution in [0.15, 0.2) is 29.3 Å². The van der Waals surface area contributed by atoms with E-state index in [1.54, 1.807) is 30.8 Å². The summed E-state index contributed by atoms with van der Waals surface area (Å²) in [5.74, 6) is 0.670. The lowest BCUT2D eigenvalue weighted by molar-refractivity contribution is 0.392. The number of hydrogen-bond acceptors (Lipinski definition) is 5. The summed E-state index contributed by atoms with van der Waals surface area (Å²) < 4.78 is 39.3. The van der Waals surface area contributed by atoms with Gasteiger partial charge in [-0.1, -0.05) is 0 Å². The molecule has 0 radical (unpaired) electrons. The Morgan fingerprint density at radius 2 is 1.95 bits per heavy atom. The Kier molecular flexibility index (Phi) is 4.08. The van der Waals surface area contributed by atoms with Gasteiger partial charge < -0.3 is 9.47 Å². The van der Waals surface area contributed by atoms with Crippen molar-refractivity contribution in [2.75, 3.05) is 18.9 Å². The second-order valence-corrected chi connectivity index (χ2v) is 6.04. The van der Waals surface area contributed by atoms with E-state index in [1.807, 2.05) is 0 Å². The van der Waals surface area contributed by atoms with Crippen LogP contribution in [0.5, 0.6) is 11.5 Å². The highest BCUT2D eigenvalue weighted by Gasteiger charge is 2.22. The minimum Gasteiger partial charge on any atom is -0.497 e. The normalized spacial score (nSPS) is 11.2. The average molecular weight is 311 g/mol. The first-order valence-corrected chi connectivity index (χ1v) is 7.61. The zero-order valence-corrected chi connectivity index (χ0v) is 13.1. The van der Waals surface area contributed by atoms with Gasteiger partial charge in [-0.15, -0.1) is 0 Å². The van der Waals surface area contributed by atoms with Crippen molar-refractivity contribution in [3.05, 3.63) is 30.1 Å². The minimum atomic E-state index is -3.81. The zero-order chi connectivity index (χ0) is 15.6. The van der Waals surface area contributed by atoms with Crippen molar-refractivity contribution in [3.63, 3.8) is 0 Å². The Hall–Kier alpha value is -2.22. The Morgan fingerprint density at radius 3 is 2.48 bits per heavy atom. The summed E-state index contributed by atoms with van der Waals surface area (Å²) in [6, 6.07) is 4.59. The van der Waals surface area contributed by atoms with E-state index >= 15 is 0 Å². The first kappa shape index (κ1) is 15.2. The second kappa shape index (κ2) is 5.65. The molecule has 0 saturated heterocycles. The molecule has 7 nitrogen and oxygen atoms in total. The number of aromatic nitrogens is 2. The van der Waals surface area contributed by atoms with Crippen LogP contribution in [0.1, 0.15) is 5.69 Å². The van der Waals surface area contributed by atoms with Crippen LogP contribution >= 0.6 is 0 Å². The molecule has 0 amide bonds. The Labute approximate surface area is 123 Å². The third kappa shape index (κ3) is 2.94. The third-order valence-corrected chi connectivity index (χ3v) is 4.53. The number of methoxy groups -OCH3 is 2. The van der Waals surface area contributed by atoms with Crippen molar-refractivity contribution in [2.45, 2.75) is 11.8 Å². The molecular formula is C13H17N3O4S. The molecule has 1 aromatic carbocycles. The molecule has 0 unspecified atom stereocenters. The monoisotopic (exact) mass is 311 g/mol. The van der Waals surface area contributed by atoms with Gasteiger partial charge in [-0.25, -0.2) is 8.42 Å². The zero-order valence-electron chi connectivity index (χ0n) is 12.2. The molecule has 1 heterocycles. The Balaban J connectivity index is 2.46. The van der Waals surface area contributed by atoms with E-state index in [1.165, 1.54) is 26.5 Å². The van der Waals surface area contributed by atoms with E-state index in [4.69, 9.17) is 9.47 Å². The predicted molar refractivity (Wildman–Crippen MR) is 78.3 cm³/mol. The first-order valence-electron chi connectivity index (χ1n) is 6.12. The van der Waals surface area contributed by atoms with Gasteiger partial charge in [0.1, 0.15) is 16.4 Å². The van der Waals surface area contributed by atoms with E-state index < -0.39 is 10.0 Å². The van der Waals surface area contributed by atoms with Gasteiger partial charge in [0.25, 0.3) is 10.0 Å². The molecule has 2 aromatic rings. The summed E-state index contributed by atoms with van der Waals surface area (Å²) in [5.41, 5.74) is 1.13. The van der Waals surface area contributed by atoms with Gasteiger partial charge in [0.2, 0.25) is 0 Å². The maximum atomic E-state index is 12.5. The quantitative estimate of drug-likeness (QED) is 0.906. The van der Waals surface area contributed by atoms with Crippen molar-refractivity contribution in [2.24, 2.45) is 7.05 Å². The van der Waals surface area contributed by atoms with Crippen molar-refractivity contribution < 1.29 is 17.9 Å². The van der Waals surface area contributed by atoms with E-state index in [2.05, 4.69) is 9.82 Å². The molecule has 114 valence electrons. The van der Waals surface area contributed by atoms with Crippen LogP contribution in [0, 0.1) is 6.92 Å². The van der Waals surface area contributed by atoms with Gasteiger partial charge in [0.15, 0.2) is 0 Å². The molecular weight excluding hydrogens is 294 g/mol. The Bertz CT molecular complexity index is 753. The van der Waals surface area contributed by atoms with Crippen molar-refractivity contribution in [3.8, 4) is 11.5 Å². The van der Waals surface area contributed by atoms with E-state index in [9.17, 15) is 8.42 Å². The summed E-state index contributed by atoms with van der Waals surface area (Å²) in [7, 11) is 0.811. The first-order chi connectivity index (χ1) is 9.89. The molecule has 1 aromatic heterocycles. The second-order valence-electron chi connectivity index (χ2n) is 4.39. The van der Waals surface area contributed by atoms with E-state index in [0.717, 1.165) is 0 Å². The van der Waals surface area contributed by atoms with E-state index in [-0.39, 0.29) is 10.6 Å². The van der Waals surface area contributed by atoms with Gasteiger partial charge in [-0.3, -0.25) is 9.40 Å². The third-order valence-electron chi connectivity index (χ3n) is 3.14. The number of nitrogens with zero attached hydrogens (tertiary/aromatic N) is 2. The molecule has 0 aliphatic heterocycles. The number of anilines is 1. The van der Waals surface area contributed by atoms with Crippen molar-refractivity contribution in [1.82, 2.24) is 9.78 Å². The number of hydrogen-bond donors (Lipinski definition) is 1. The highest BCUT2D eigenvalue weighted by Crippen LogP contribution is 2.30. The van der Waals surface area contributed by atoms with E-state index in [0.29, 0.717) is 17.1 Å². The number of rotatable bonds is 5. The van der Waals surface area contributed by atoms with Gasteiger partial charge in [-0.05, 0) is 19.1 Å². The van der Waals surface area contributed by atoms with Gasteiger partial charge in [0, 0.05) is 13.1 Å². The minimum absolute atomic E-state index is 0.00704. The molecule has 0 spiro atoms. The highest BCUT2D eigenvalue weighted by molar-refractivity contribution is 7.92. The molecule has 0 aliphatic carbocycles. The summed E-state index contributed by atoms with van der Waals surface area (Å²) >= 11 is 0. The van der Waals surface area contributed by atoms with Gasteiger partial charge in [-0.2, -0.15) is 5.10 Å². The van der Waals surface area contributed by atoms with Gasteiger partial charge >= 0.3 is 0 Å². The number of benzene rings is 1. The average Bonchev–Trinajstić information content (AvgIpc) is 2.78. The van der Waals surface area contributed by atoms with Crippen LogP contribution in [0.4, 0.5) is 5.69 Å². The lowest BCUT2D eigenvalue weighted by Crippen LogP contribution is -2.14. The largest absolute Gasteiger partial charge is 0.497 e. The van der Waals surface area contributed by atoms with Crippen LogP contribution < -0.4 is 14.2 Å². The molecule has 0 saturated carbocycles. The number of ether oxygens (including phenoxy) is 2. The SMILES string of the molecule is COc1ccc(OC)c(S(=O)(=O)Nc2cnn(C)c2C)c1. The standard InChI is InChI=1S/C13H17N3O4S/c1-9-11(8-14-16(9)2)15-21(17,18)13-7-10(19-3)5-6-12(13)20-4/h5-8,15H,1-4H3. The predicted octanol–water partition coefficient (Wildman–Crippen LogP) is 1.55. The van der Waals surface area contributed by atoms with Crippen LogP contribution in [0.25, 0.3) is 0 Å². The lowest BCUT2D eigenvalue weighted by Gasteiger charge is -2.12. The number of nitrogens with one attached hydrogen (secondary N) is 1. The molecule has 0 aliphatic rings. The summed E-state index contributed by atoms with van der Waals surface area (Å²) in [6.45, 7) is 1.77. The fourth-order valence-corrected chi connectivity index (χ4v) is 3.08. The molecule has 0 bridgehead atoms. The fourth-order valence-electron chi connectivity index (χ4n) is 1.79. The molecule has 21 heavy (non-hydrogen) atoms. The van der Waals surface area contributed by atoms with Crippen molar-refractivity contribution >= 4 is 15.7 Å². The number of aryl methyl sites for hydroxylation is 1. The summed E-state index contributed by atoms with van der Waals surface area (Å²) in [4.78, 5) is 0.00704. The van der Waals surface area contributed by atoms with Crippen molar-refractivity contribution in [1.29, 1.82) is 0 Å². The Morgan fingerprint density at radius 1 is 1.24 bits per heavy atom. The maximum absolute atomic E-state index is 12.5. The topological polar surface area (TPSA) is 82.4 Å². The van der Waals surface area contributed by atoms with Gasteiger partial charge in [0.05, 0.1) is 31.8 Å². The lowest BCUT2D eigenvalue weighted by atomic mass is 10.3.